The Morgan fingerprint density at radius 1 is 1.19 bits per heavy atom. The number of thiazole rings is 1. The summed E-state index contributed by atoms with van der Waals surface area (Å²) in [6.45, 7) is 0.258. The van der Waals surface area contributed by atoms with Gasteiger partial charge in [-0.15, -0.1) is 21.5 Å². The van der Waals surface area contributed by atoms with Crippen LogP contribution in [0.15, 0.2) is 35.8 Å². The van der Waals surface area contributed by atoms with Gasteiger partial charge in [0.1, 0.15) is 23.0 Å². The quantitative estimate of drug-likeness (QED) is 0.486. The Hall–Kier alpha value is -3.47. The van der Waals surface area contributed by atoms with Crippen molar-refractivity contribution in [2.24, 2.45) is 5.73 Å². The van der Waals surface area contributed by atoms with E-state index >= 15 is 0 Å². The predicted octanol–water partition coefficient (Wildman–Crippen LogP) is 1.88. The minimum absolute atomic E-state index is 0.199. The van der Waals surface area contributed by atoms with Crippen molar-refractivity contribution in [2.45, 2.75) is 24.7 Å². The third kappa shape index (κ3) is 4.50. The molecular weight excluding hydrogens is 421 g/mol. The summed E-state index contributed by atoms with van der Waals surface area (Å²) in [6.07, 6.45) is 4.36. The zero-order valence-electron chi connectivity index (χ0n) is 16.5. The van der Waals surface area contributed by atoms with Gasteiger partial charge >= 0.3 is 0 Å². The van der Waals surface area contributed by atoms with Gasteiger partial charge in [-0.25, -0.2) is 9.37 Å². The van der Waals surface area contributed by atoms with Gasteiger partial charge in [-0.2, -0.15) is 0 Å². The number of hydrogen-bond donors (Lipinski definition) is 3. The van der Waals surface area contributed by atoms with E-state index in [1.54, 1.807) is 29.8 Å². The van der Waals surface area contributed by atoms with Gasteiger partial charge in [0.2, 0.25) is 5.91 Å². The van der Waals surface area contributed by atoms with Gasteiger partial charge < -0.3 is 16.4 Å². The van der Waals surface area contributed by atoms with E-state index in [0.29, 0.717) is 29.4 Å². The summed E-state index contributed by atoms with van der Waals surface area (Å²) in [5.41, 5.74) is 6.17. The second-order valence-corrected chi connectivity index (χ2v) is 8.17. The maximum atomic E-state index is 14.2. The topological polar surface area (TPSA) is 136 Å². The monoisotopic (exact) mass is 441 g/mol. The Bertz CT molecular complexity index is 1100. The Morgan fingerprint density at radius 2 is 2.03 bits per heavy atom. The Labute approximate surface area is 181 Å². The van der Waals surface area contributed by atoms with Gasteiger partial charge in [0, 0.05) is 23.5 Å². The lowest BCUT2D eigenvalue weighted by Crippen LogP contribution is -2.42. The molecule has 1 saturated carbocycles. The number of halogens is 1. The van der Waals surface area contributed by atoms with Gasteiger partial charge in [-0.1, -0.05) is 6.42 Å². The van der Waals surface area contributed by atoms with Crippen LogP contribution in [-0.4, -0.2) is 45.1 Å². The van der Waals surface area contributed by atoms with Crippen LogP contribution in [0, 0.1) is 5.82 Å². The highest BCUT2D eigenvalue weighted by atomic mass is 32.1. The smallest absolute Gasteiger partial charge is 0.280 e. The number of pyridine rings is 1. The minimum atomic E-state index is -0.631. The molecule has 1 aliphatic carbocycles. The van der Waals surface area contributed by atoms with Crippen molar-refractivity contribution >= 4 is 29.0 Å². The molecule has 2 amide bonds. The lowest BCUT2D eigenvalue weighted by Gasteiger charge is -2.41. The van der Waals surface area contributed by atoms with Gasteiger partial charge in [-0.3, -0.25) is 14.6 Å². The van der Waals surface area contributed by atoms with E-state index in [1.165, 1.54) is 6.07 Å². The predicted molar refractivity (Wildman–Crippen MR) is 113 cm³/mol. The fraction of sp³-hybridized carbons (Fsp3) is 0.300. The minimum Gasteiger partial charge on any atom is -0.368 e. The summed E-state index contributed by atoms with van der Waals surface area (Å²) in [7, 11) is 0. The molecule has 160 valence electrons. The molecule has 9 nitrogen and oxygen atoms in total. The van der Waals surface area contributed by atoms with Crippen molar-refractivity contribution < 1.29 is 14.0 Å². The number of carbonyl (C=O) groups is 2. The third-order valence-electron chi connectivity index (χ3n) is 5.23. The summed E-state index contributed by atoms with van der Waals surface area (Å²) in [5, 5.41) is 15.8. The number of hydrogen-bond acceptors (Lipinski definition) is 8. The highest BCUT2D eigenvalue weighted by molar-refractivity contribution is 7.12. The van der Waals surface area contributed by atoms with Crippen LogP contribution in [0.3, 0.4) is 0 Å². The average Bonchev–Trinajstić information content (AvgIpc) is 3.23. The first-order valence-electron chi connectivity index (χ1n) is 9.68. The van der Waals surface area contributed by atoms with E-state index in [0.717, 1.165) is 30.6 Å². The molecule has 0 spiro atoms. The number of amides is 2. The molecule has 0 atom stereocenters. The molecule has 3 heterocycles. The highest BCUT2D eigenvalue weighted by Crippen LogP contribution is 2.43. The zero-order valence-corrected chi connectivity index (χ0v) is 17.3. The van der Waals surface area contributed by atoms with E-state index in [9.17, 15) is 14.0 Å². The number of anilines is 1. The zero-order chi connectivity index (χ0) is 21.8. The van der Waals surface area contributed by atoms with Crippen molar-refractivity contribution in [3.63, 3.8) is 0 Å². The van der Waals surface area contributed by atoms with Crippen LogP contribution < -0.4 is 16.4 Å². The third-order valence-corrected chi connectivity index (χ3v) is 6.07. The average molecular weight is 441 g/mol. The van der Waals surface area contributed by atoms with Crippen LogP contribution in [0.1, 0.15) is 34.8 Å². The Morgan fingerprint density at radius 3 is 2.68 bits per heavy atom. The highest BCUT2D eigenvalue weighted by Gasteiger charge is 2.41. The number of nitrogens with one attached hydrogen (secondary N) is 2. The van der Waals surface area contributed by atoms with Gasteiger partial charge in [0.15, 0.2) is 5.01 Å². The summed E-state index contributed by atoms with van der Waals surface area (Å²) in [4.78, 5) is 31.2. The van der Waals surface area contributed by atoms with Crippen LogP contribution in [0.4, 0.5) is 10.2 Å². The number of carbonyl (C=O) groups excluding carboxylic acids is 2. The Balaban J connectivity index is 1.40. The second kappa shape index (κ2) is 8.72. The standard InChI is InChI=1S/C20H20FN7O2S/c21-12-3-1-8-23-17(12)20(6-2-7-20)11-25-16-5-4-13(27-28-16)14-10-31-19(26-14)18(30)24-9-15(22)29/h1,3-5,8,10H,2,6-7,9,11H2,(H2,22,29)(H,24,30)(H,25,28). The normalized spacial score (nSPS) is 14.5. The maximum Gasteiger partial charge on any atom is 0.280 e. The molecule has 0 bridgehead atoms. The van der Waals surface area contributed by atoms with Crippen molar-refractivity contribution in [3.05, 3.63) is 52.4 Å². The number of primary amides is 1. The molecule has 11 heteroatoms. The van der Waals surface area contributed by atoms with E-state index in [-0.39, 0.29) is 22.8 Å². The molecule has 4 rings (SSSR count). The SMILES string of the molecule is NC(=O)CNC(=O)c1nc(-c2ccc(NCC3(c4ncccc4F)CCC3)nn2)cs1. The number of rotatable bonds is 8. The Kier molecular flexibility index (Phi) is 5.85. The first-order chi connectivity index (χ1) is 15.0. The van der Waals surface area contributed by atoms with Crippen molar-refractivity contribution in [1.82, 2.24) is 25.5 Å². The molecule has 0 radical (unpaired) electrons. The van der Waals surface area contributed by atoms with Gasteiger partial charge in [0.25, 0.3) is 5.91 Å². The molecule has 3 aromatic rings. The molecule has 4 N–H and O–H groups in total. The summed E-state index contributed by atoms with van der Waals surface area (Å²) >= 11 is 1.13. The molecule has 1 aliphatic rings. The van der Waals surface area contributed by atoms with Gasteiger partial charge in [-0.05, 0) is 37.1 Å². The van der Waals surface area contributed by atoms with E-state index < -0.39 is 11.8 Å². The van der Waals surface area contributed by atoms with Crippen LogP contribution in [0.25, 0.3) is 11.4 Å². The molecule has 3 aromatic heterocycles. The van der Waals surface area contributed by atoms with Gasteiger partial charge in [0.05, 0.1) is 12.2 Å². The molecule has 0 unspecified atom stereocenters. The van der Waals surface area contributed by atoms with Crippen LogP contribution in [0.5, 0.6) is 0 Å². The number of nitrogens with zero attached hydrogens (tertiary/aromatic N) is 4. The maximum absolute atomic E-state index is 14.2. The number of nitrogens with two attached hydrogens (primary N) is 1. The molecular formula is C20H20FN7O2S. The summed E-state index contributed by atoms with van der Waals surface area (Å²) in [5.74, 6) is -0.840. The molecule has 31 heavy (non-hydrogen) atoms. The van der Waals surface area contributed by atoms with E-state index in [2.05, 4.69) is 30.8 Å². The van der Waals surface area contributed by atoms with Crippen LogP contribution in [0.2, 0.25) is 0 Å². The lowest BCUT2D eigenvalue weighted by atomic mass is 9.66. The van der Waals surface area contributed by atoms with E-state index in [4.69, 9.17) is 5.73 Å². The van der Waals surface area contributed by atoms with Crippen LogP contribution in [-0.2, 0) is 10.2 Å². The molecule has 0 aromatic carbocycles. The van der Waals surface area contributed by atoms with Crippen molar-refractivity contribution in [1.29, 1.82) is 0 Å². The fourth-order valence-corrected chi connectivity index (χ4v) is 4.17. The summed E-state index contributed by atoms with van der Waals surface area (Å²) < 4.78 is 14.2. The first-order valence-corrected chi connectivity index (χ1v) is 10.6. The molecule has 0 aliphatic heterocycles. The molecule has 0 saturated heterocycles. The first kappa shape index (κ1) is 20.8. The van der Waals surface area contributed by atoms with Crippen molar-refractivity contribution in [2.75, 3.05) is 18.4 Å². The number of aromatic nitrogens is 4. The lowest BCUT2D eigenvalue weighted by molar-refractivity contribution is -0.117. The van der Waals surface area contributed by atoms with Crippen LogP contribution >= 0.6 is 11.3 Å². The summed E-state index contributed by atoms with van der Waals surface area (Å²) in [6, 6.07) is 6.53. The molecule has 1 fully saturated rings. The van der Waals surface area contributed by atoms with Crippen molar-refractivity contribution in [3.8, 4) is 11.4 Å². The largest absolute Gasteiger partial charge is 0.368 e. The second-order valence-electron chi connectivity index (χ2n) is 7.31. The fourth-order valence-electron chi connectivity index (χ4n) is 3.44. The van der Waals surface area contributed by atoms with E-state index in [1.807, 2.05) is 0 Å².